The Balaban J connectivity index is 2.21. The molecule has 1 saturated carbocycles. The van der Waals surface area contributed by atoms with E-state index in [4.69, 9.17) is 0 Å². The van der Waals surface area contributed by atoms with Gasteiger partial charge in [0, 0.05) is 0 Å². The Bertz CT molecular complexity index is 242. The molecule has 0 heterocycles. The summed E-state index contributed by atoms with van der Waals surface area (Å²) >= 11 is 0. The van der Waals surface area contributed by atoms with Crippen molar-refractivity contribution in [3.05, 3.63) is 23.3 Å². The fraction of sp³-hybridized carbons (Fsp3) is 0.714. The Hall–Kier alpha value is -0.520. The summed E-state index contributed by atoms with van der Waals surface area (Å²) < 4.78 is 0. The van der Waals surface area contributed by atoms with Crippen LogP contribution in [-0.4, -0.2) is 0 Å². The first kappa shape index (κ1) is 10.0. The first-order valence-corrected chi connectivity index (χ1v) is 6.16. The van der Waals surface area contributed by atoms with Gasteiger partial charge in [-0.1, -0.05) is 32.9 Å². The Morgan fingerprint density at radius 1 is 1.00 bits per heavy atom. The lowest BCUT2D eigenvalue weighted by Crippen LogP contribution is -2.10. The molecule has 1 fully saturated rings. The fourth-order valence-corrected chi connectivity index (χ4v) is 3.18. The molecule has 0 aromatic carbocycles. The summed E-state index contributed by atoms with van der Waals surface area (Å²) in [7, 11) is 0. The third-order valence-corrected chi connectivity index (χ3v) is 3.90. The largest absolute Gasteiger partial charge is 0.0773 e. The van der Waals surface area contributed by atoms with E-state index in [0.717, 1.165) is 17.8 Å². The van der Waals surface area contributed by atoms with Gasteiger partial charge in [0.2, 0.25) is 0 Å². The van der Waals surface area contributed by atoms with Crippen molar-refractivity contribution < 1.29 is 0 Å². The fourth-order valence-electron chi connectivity index (χ4n) is 3.18. The summed E-state index contributed by atoms with van der Waals surface area (Å²) in [6, 6.07) is 0. The Morgan fingerprint density at radius 3 is 1.79 bits per heavy atom. The topological polar surface area (TPSA) is 0 Å². The average molecular weight is 190 g/mol. The molecule has 0 aliphatic heterocycles. The zero-order chi connectivity index (χ0) is 10.1. The molecule has 0 N–H and O–H groups in total. The Morgan fingerprint density at radius 2 is 1.43 bits per heavy atom. The van der Waals surface area contributed by atoms with E-state index >= 15 is 0 Å². The average Bonchev–Trinajstić information content (AvgIpc) is 2.54. The SMILES string of the molecule is CCC1=CC2CC(C)CC2C=C1CC. The molecule has 2 aliphatic rings. The summed E-state index contributed by atoms with van der Waals surface area (Å²) in [4.78, 5) is 0. The van der Waals surface area contributed by atoms with Crippen molar-refractivity contribution in [2.24, 2.45) is 17.8 Å². The van der Waals surface area contributed by atoms with Crippen LogP contribution >= 0.6 is 0 Å². The van der Waals surface area contributed by atoms with Crippen molar-refractivity contribution >= 4 is 0 Å². The molecule has 0 saturated heterocycles. The molecule has 2 rings (SSSR count). The molecular weight excluding hydrogens is 168 g/mol. The molecule has 0 aromatic heterocycles. The molecule has 78 valence electrons. The molecule has 2 atom stereocenters. The van der Waals surface area contributed by atoms with Crippen LogP contribution in [0, 0.1) is 17.8 Å². The molecule has 14 heavy (non-hydrogen) atoms. The predicted octanol–water partition coefficient (Wildman–Crippen LogP) is 4.34. The van der Waals surface area contributed by atoms with Gasteiger partial charge in [-0.2, -0.15) is 0 Å². The summed E-state index contributed by atoms with van der Waals surface area (Å²) in [6.07, 6.45) is 10.4. The van der Waals surface area contributed by atoms with Crippen LogP contribution < -0.4 is 0 Å². The standard InChI is InChI=1S/C14H22/c1-4-11-8-13-6-10(3)7-14(13)9-12(11)5-2/h8-10,13-14H,4-7H2,1-3H3. The highest BCUT2D eigenvalue weighted by Crippen LogP contribution is 2.43. The third-order valence-electron chi connectivity index (χ3n) is 3.90. The van der Waals surface area contributed by atoms with E-state index < -0.39 is 0 Å². The number of fused-ring (bicyclic) bond motifs is 1. The van der Waals surface area contributed by atoms with Gasteiger partial charge >= 0.3 is 0 Å². The van der Waals surface area contributed by atoms with E-state index in [1.165, 1.54) is 25.7 Å². The highest BCUT2D eigenvalue weighted by molar-refractivity contribution is 5.36. The molecule has 0 radical (unpaired) electrons. The second kappa shape index (κ2) is 3.92. The van der Waals surface area contributed by atoms with Gasteiger partial charge < -0.3 is 0 Å². The van der Waals surface area contributed by atoms with Crippen molar-refractivity contribution in [3.8, 4) is 0 Å². The third kappa shape index (κ3) is 1.67. The van der Waals surface area contributed by atoms with Crippen LogP contribution in [0.5, 0.6) is 0 Å². The Labute approximate surface area is 88.1 Å². The smallest absolute Gasteiger partial charge is 0.0162 e. The van der Waals surface area contributed by atoms with E-state index in [0.29, 0.717) is 0 Å². The minimum Gasteiger partial charge on any atom is -0.0773 e. The van der Waals surface area contributed by atoms with Crippen LogP contribution in [0.15, 0.2) is 23.3 Å². The highest BCUT2D eigenvalue weighted by atomic mass is 14.4. The van der Waals surface area contributed by atoms with Crippen molar-refractivity contribution in [3.63, 3.8) is 0 Å². The maximum absolute atomic E-state index is 2.58. The zero-order valence-electron chi connectivity index (χ0n) is 9.72. The van der Waals surface area contributed by atoms with Crippen molar-refractivity contribution in [2.75, 3.05) is 0 Å². The molecular formula is C14H22. The normalized spacial score (nSPS) is 36.4. The van der Waals surface area contributed by atoms with Crippen molar-refractivity contribution in [1.29, 1.82) is 0 Å². The van der Waals surface area contributed by atoms with Crippen LogP contribution in [-0.2, 0) is 0 Å². The maximum atomic E-state index is 2.58. The second-order valence-corrected chi connectivity index (χ2v) is 5.00. The van der Waals surface area contributed by atoms with Crippen LogP contribution in [0.1, 0.15) is 46.5 Å². The minimum atomic E-state index is 0.871. The van der Waals surface area contributed by atoms with Crippen LogP contribution in [0.25, 0.3) is 0 Å². The highest BCUT2D eigenvalue weighted by Gasteiger charge is 2.31. The molecule has 2 aliphatic carbocycles. The molecule has 2 unspecified atom stereocenters. The Kier molecular flexibility index (Phi) is 2.80. The lowest BCUT2D eigenvalue weighted by molar-refractivity contribution is 0.539. The van der Waals surface area contributed by atoms with E-state index in [2.05, 4.69) is 32.9 Å². The lowest BCUT2D eigenvalue weighted by Gasteiger charge is -2.23. The molecule has 0 aromatic rings. The first-order valence-electron chi connectivity index (χ1n) is 6.16. The zero-order valence-corrected chi connectivity index (χ0v) is 9.72. The molecule has 0 nitrogen and oxygen atoms in total. The molecule has 0 bridgehead atoms. The summed E-state index contributed by atoms with van der Waals surface area (Å²) in [6.45, 7) is 6.97. The van der Waals surface area contributed by atoms with E-state index in [9.17, 15) is 0 Å². The second-order valence-electron chi connectivity index (χ2n) is 5.00. The van der Waals surface area contributed by atoms with Crippen LogP contribution in [0.3, 0.4) is 0 Å². The number of rotatable bonds is 2. The first-order chi connectivity index (χ1) is 6.74. The number of allylic oxidation sites excluding steroid dienone is 4. The molecule has 0 heteroatoms. The van der Waals surface area contributed by atoms with Gasteiger partial charge in [-0.05, 0) is 54.6 Å². The van der Waals surface area contributed by atoms with Crippen molar-refractivity contribution in [1.82, 2.24) is 0 Å². The van der Waals surface area contributed by atoms with Gasteiger partial charge in [0.05, 0.1) is 0 Å². The molecule has 0 spiro atoms. The monoisotopic (exact) mass is 190 g/mol. The van der Waals surface area contributed by atoms with E-state index in [-0.39, 0.29) is 0 Å². The van der Waals surface area contributed by atoms with Gasteiger partial charge in [-0.15, -0.1) is 0 Å². The van der Waals surface area contributed by atoms with Gasteiger partial charge in [0.25, 0.3) is 0 Å². The predicted molar refractivity (Wildman–Crippen MR) is 62.1 cm³/mol. The summed E-state index contributed by atoms with van der Waals surface area (Å²) in [5, 5.41) is 0. The van der Waals surface area contributed by atoms with Gasteiger partial charge in [0.15, 0.2) is 0 Å². The minimum absolute atomic E-state index is 0.871. The summed E-state index contributed by atoms with van der Waals surface area (Å²) in [5.41, 5.74) is 3.26. The van der Waals surface area contributed by atoms with Gasteiger partial charge in [-0.3, -0.25) is 0 Å². The molecule has 0 amide bonds. The van der Waals surface area contributed by atoms with E-state index in [1.807, 2.05) is 0 Å². The van der Waals surface area contributed by atoms with Gasteiger partial charge in [-0.25, -0.2) is 0 Å². The van der Waals surface area contributed by atoms with Gasteiger partial charge in [0.1, 0.15) is 0 Å². The van der Waals surface area contributed by atoms with E-state index in [1.54, 1.807) is 11.1 Å². The maximum Gasteiger partial charge on any atom is -0.0162 e. The number of hydrogen-bond acceptors (Lipinski definition) is 0. The number of hydrogen-bond donors (Lipinski definition) is 0. The van der Waals surface area contributed by atoms with Crippen molar-refractivity contribution in [2.45, 2.75) is 46.5 Å². The van der Waals surface area contributed by atoms with Crippen LogP contribution in [0.4, 0.5) is 0 Å². The quantitative estimate of drug-likeness (QED) is 0.608. The lowest BCUT2D eigenvalue weighted by atomic mass is 9.82. The van der Waals surface area contributed by atoms with Crippen LogP contribution in [0.2, 0.25) is 0 Å². The summed E-state index contributed by atoms with van der Waals surface area (Å²) in [5.74, 6) is 2.68.